The SMILES string of the molecule is CN=C(NO)c1ccccc1N1CCCCCC1. The number of aliphatic imine (C=N–C) groups is 1. The summed E-state index contributed by atoms with van der Waals surface area (Å²) in [4.78, 5) is 6.48. The van der Waals surface area contributed by atoms with Gasteiger partial charge >= 0.3 is 0 Å². The summed E-state index contributed by atoms with van der Waals surface area (Å²) in [6, 6.07) is 8.10. The van der Waals surface area contributed by atoms with Crippen LogP contribution in [0.4, 0.5) is 5.69 Å². The summed E-state index contributed by atoms with van der Waals surface area (Å²) < 4.78 is 0. The molecule has 0 saturated carbocycles. The van der Waals surface area contributed by atoms with Gasteiger partial charge in [0, 0.05) is 31.4 Å². The molecule has 4 heteroatoms. The van der Waals surface area contributed by atoms with E-state index in [4.69, 9.17) is 5.21 Å². The molecule has 0 amide bonds. The van der Waals surface area contributed by atoms with Crippen molar-refractivity contribution in [2.75, 3.05) is 25.0 Å². The van der Waals surface area contributed by atoms with E-state index in [0.717, 1.165) is 24.3 Å². The maximum atomic E-state index is 9.16. The maximum Gasteiger partial charge on any atom is 0.154 e. The van der Waals surface area contributed by atoms with Crippen LogP contribution in [-0.4, -0.2) is 31.2 Å². The molecule has 2 N–H and O–H groups in total. The molecule has 0 aliphatic carbocycles. The van der Waals surface area contributed by atoms with Crippen LogP contribution >= 0.6 is 0 Å². The van der Waals surface area contributed by atoms with Crippen LogP contribution in [-0.2, 0) is 0 Å². The number of rotatable bonds is 2. The average molecular weight is 247 g/mol. The van der Waals surface area contributed by atoms with E-state index in [-0.39, 0.29) is 0 Å². The number of para-hydroxylation sites is 1. The van der Waals surface area contributed by atoms with Crippen molar-refractivity contribution < 1.29 is 5.21 Å². The molecule has 1 fully saturated rings. The summed E-state index contributed by atoms with van der Waals surface area (Å²) in [5, 5.41) is 9.16. The second kappa shape index (κ2) is 6.40. The first-order valence-electron chi connectivity index (χ1n) is 6.58. The largest absolute Gasteiger partial charge is 0.371 e. The second-order valence-corrected chi connectivity index (χ2v) is 4.60. The Hall–Kier alpha value is -1.55. The fourth-order valence-corrected chi connectivity index (χ4v) is 2.49. The predicted molar refractivity (Wildman–Crippen MR) is 74.5 cm³/mol. The number of hydrogen-bond donors (Lipinski definition) is 2. The Morgan fingerprint density at radius 3 is 2.44 bits per heavy atom. The molecule has 1 aliphatic rings. The molecule has 98 valence electrons. The van der Waals surface area contributed by atoms with Gasteiger partial charge in [-0.3, -0.25) is 15.7 Å². The Kier molecular flexibility index (Phi) is 4.59. The van der Waals surface area contributed by atoms with Crippen molar-refractivity contribution in [2.24, 2.45) is 4.99 Å². The molecule has 1 saturated heterocycles. The zero-order chi connectivity index (χ0) is 12.8. The van der Waals surface area contributed by atoms with Crippen LogP contribution in [0.1, 0.15) is 31.2 Å². The molecule has 1 heterocycles. The lowest BCUT2D eigenvalue weighted by Gasteiger charge is -2.25. The van der Waals surface area contributed by atoms with E-state index in [9.17, 15) is 0 Å². The Morgan fingerprint density at radius 1 is 1.17 bits per heavy atom. The predicted octanol–water partition coefficient (Wildman–Crippen LogP) is 2.42. The molecule has 0 aromatic heterocycles. The van der Waals surface area contributed by atoms with Crippen molar-refractivity contribution in [2.45, 2.75) is 25.7 Å². The van der Waals surface area contributed by atoms with Crippen LogP contribution in [0.15, 0.2) is 29.3 Å². The van der Waals surface area contributed by atoms with Gasteiger partial charge in [-0.1, -0.05) is 25.0 Å². The molecule has 1 aromatic carbocycles. The average Bonchev–Trinajstić information content (AvgIpc) is 2.70. The number of amidine groups is 1. The third-order valence-corrected chi connectivity index (χ3v) is 3.44. The van der Waals surface area contributed by atoms with E-state index in [2.05, 4.69) is 21.4 Å². The summed E-state index contributed by atoms with van der Waals surface area (Å²) in [7, 11) is 1.68. The third-order valence-electron chi connectivity index (χ3n) is 3.44. The van der Waals surface area contributed by atoms with Gasteiger partial charge in [-0.05, 0) is 25.0 Å². The molecule has 1 aliphatic heterocycles. The van der Waals surface area contributed by atoms with Crippen molar-refractivity contribution in [3.63, 3.8) is 0 Å². The van der Waals surface area contributed by atoms with Gasteiger partial charge in [-0.15, -0.1) is 0 Å². The second-order valence-electron chi connectivity index (χ2n) is 4.60. The van der Waals surface area contributed by atoms with Crippen LogP contribution in [0, 0.1) is 0 Å². The highest BCUT2D eigenvalue weighted by molar-refractivity contribution is 6.02. The lowest BCUT2D eigenvalue weighted by Crippen LogP contribution is -2.28. The van der Waals surface area contributed by atoms with Crippen LogP contribution in [0.2, 0.25) is 0 Å². The molecular formula is C14H21N3O. The number of hydrogen-bond acceptors (Lipinski definition) is 3. The van der Waals surface area contributed by atoms with Gasteiger partial charge in [0.1, 0.15) is 0 Å². The van der Waals surface area contributed by atoms with Crippen LogP contribution < -0.4 is 10.4 Å². The molecule has 0 radical (unpaired) electrons. The summed E-state index contributed by atoms with van der Waals surface area (Å²) >= 11 is 0. The summed E-state index contributed by atoms with van der Waals surface area (Å²) in [6.07, 6.45) is 5.09. The van der Waals surface area contributed by atoms with Crippen molar-refractivity contribution in [3.05, 3.63) is 29.8 Å². The standard InChI is InChI=1S/C14H21N3O/c1-15-14(16-18)12-8-4-5-9-13(12)17-10-6-2-3-7-11-17/h4-5,8-9,18H,2-3,6-7,10-11H2,1H3,(H,15,16). The molecule has 0 atom stereocenters. The highest BCUT2D eigenvalue weighted by Gasteiger charge is 2.15. The molecule has 4 nitrogen and oxygen atoms in total. The number of anilines is 1. The van der Waals surface area contributed by atoms with Crippen molar-refractivity contribution in [1.82, 2.24) is 5.48 Å². The quantitative estimate of drug-likeness (QED) is 0.479. The molecule has 0 spiro atoms. The van der Waals surface area contributed by atoms with E-state index in [1.165, 1.54) is 25.7 Å². The first kappa shape index (κ1) is 12.9. The third kappa shape index (κ3) is 2.82. The minimum Gasteiger partial charge on any atom is -0.371 e. The van der Waals surface area contributed by atoms with Crippen molar-refractivity contribution in [1.29, 1.82) is 0 Å². The fourth-order valence-electron chi connectivity index (χ4n) is 2.49. The minimum atomic E-state index is 0.523. The lowest BCUT2D eigenvalue weighted by molar-refractivity contribution is 0.235. The van der Waals surface area contributed by atoms with E-state index in [1.54, 1.807) is 7.05 Å². The van der Waals surface area contributed by atoms with E-state index in [1.807, 2.05) is 18.2 Å². The van der Waals surface area contributed by atoms with E-state index < -0.39 is 0 Å². The molecule has 0 bridgehead atoms. The Morgan fingerprint density at radius 2 is 1.83 bits per heavy atom. The topological polar surface area (TPSA) is 47.9 Å². The molecule has 0 unspecified atom stereocenters. The minimum absolute atomic E-state index is 0.523. The van der Waals surface area contributed by atoms with Crippen LogP contribution in [0.3, 0.4) is 0 Å². The lowest BCUT2D eigenvalue weighted by atomic mass is 10.1. The van der Waals surface area contributed by atoms with Gasteiger partial charge in [0.25, 0.3) is 0 Å². The zero-order valence-electron chi connectivity index (χ0n) is 10.9. The number of nitrogens with one attached hydrogen (secondary N) is 1. The Balaban J connectivity index is 2.31. The van der Waals surface area contributed by atoms with Gasteiger partial charge in [-0.2, -0.15) is 0 Å². The molecule has 2 rings (SSSR count). The number of nitrogens with zero attached hydrogens (tertiary/aromatic N) is 2. The molecule has 1 aromatic rings. The van der Waals surface area contributed by atoms with Gasteiger partial charge < -0.3 is 4.90 Å². The van der Waals surface area contributed by atoms with Gasteiger partial charge in [0.15, 0.2) is 5.84 Å². The first-order chi connectivity index (χ1) is 8.86. The first-order valence-corrected chi connectivity index (χ1v) is 6.58. The van der Waals surface area contributed by atoms with Gasteiger partial charge in [0.05, 0.1) is 0 Å². The zero-order valence-corrected chi connectivity index (χ0v) is 10.9. The normalized spacial score (nSPS) is 17.4. The Bertz CT molecular complexity index is 409. The highest BCUT2D eigenvalue weighted by atomic mass is 16.5. The smallest absolute Gasteiger partial charge is 0.154 e. The molecule has 18 heavy (non-hydrogen) atoms. The summed E-state index contributed by atoms with van der Waals surface area (Å²) in [5.74, 6) is 0.523. The van der Waals surface area contributed by atoms with E-state index >= 15 is 0 Å². The van der Waals surface area contributed by atoms with Gasteiger partial charge in [0.2, 0.25) is 0 Å². The van der Waals surface area contributed by atoms with Crippen molar-refractivity contribution in [3.8, 4) is 0 Å². The van der Waals surface area contributed by atoms with Gasteiger partial charge in [-0.25, -0.2) is 0 Å². The fraction of sp³-hybridized carbons (Fsp3) is 0.500. The summed E-state index contributed by atoms with van der Waals surface area (Å²) in [6.45, 7) is 2.17. The highest BCUT2D eigenvalue weighted by Crippen LogP contribution is 2.23. The van der Waals surface area contributed by atoms with Crippen LogP contribution in [0.5, 0.6) is 0 Å². The van der Waals surface area contributed by atoms with E-state index in [0.29, 0.717) is 5.84 Å². The molecular weight excluding hydrogens is 226 g/mol. The summed E-state index contributed by atoms with van der Waals surface area (Å²) in [5.41, 5.74) is 4.30. The van der Waals surface area contributed by atoms with Crippen LogP contribution in [0.25, 0.3) is 0 Å². The Labute approximate surface area is 108 Å². The van der Waals surface area contributed by atoms with Crippen molar-refractivity contribution >= 4 is 11.5 Å². The number of benzene rings is 1. The number of hydroxylamine groups is 1. The maximum absolute atomic E-state index is 9.16. The monoisotopic (exact) mass is 247 g/mol.